The molecular weight excluding hydrogens is 609 g/mol. The topological polar surface area (TPSA) is 51.6 Å². The number of rotatable bonds is 6. The fourth-order valence-corrected chi connectivity index (χ4v) is 6.72. The van der Waals surface area contributed by atoms with E-state index < -0.39 is 0 Å². The van der Waals surface area contributed by atoms with E-state index in [9.17, 15) is 0 Å². The monoisotopic (exact) mass is 638 g/mol. The molecule has 0 fully saturated rings. The maximum Gasteiger partial charge on any atom is 0.166 e. The molecule has 0 aliphatic carbocycles. The van der Waals surface area contributed by atoms with Gasteiger partial charge in [0.2, 0.25) is 0 Å². The Labute approximate surface area is 290 Å². The van der Waals surface area contributed by atoms with E-state index in [1.165, 1.54) is 5.56 Å². The highest BCUT2D eigenvalue weighted by molar-refractivity contribution is 6.19. The summed E-state index contributed by atoms with van der Waals surface area (Å²) in [6, 6.07) is 62.7. The third-order valence-electron chi connectivity index (χ3n) is 9.14. The normalized spacial score (nSPS) is 11.2. The zero-order valence-electron chi connectivity index (χ0n) is 27.1. The molecule has 2 heterocycles. The molecule has 0 saturated carbocycles. The van der Waals surface area contributed by atoms with Gasteiger partial charge in [-0.2, -0.15) is 0 Å². The third-order valence-corrected chi connectivity index (χ3v) is 9.14. The van der Waals surface area contributed by atoms with Crippen LogP contribution in [0, 0.1) is 0 Å². The van der Waals surface area contributed by atoms with Gasteiger partial charge < -0.3 is 0 Å². The van der Waals surface area contributed by atoms with E-state index in [1.807, 2.05) is 42.5 Å². The number of hydrogen-bond acceptors (Lipinski definition) is 4. The maximum atomic E-state index is 5.43. The van der Waals surface area contributed by atoms with E-state index in [0.717, 1.165) is 66.3 Å². The minimum absolute atomic E-state index is 0.578. The molecule has 9 aromatic rings. The predicted octanol–water partition coefficient (Wildman–Crippen LogP) is 11.6. The molecule has 7 aromatic carbocycles. The highest BCUT2D eigenvalue weighted by Gasteiger charge is 2.20. The molecule has 9 rings (SSSR count). The van der Waals surface area contributed by atoms with E-state index >= 15 is 0 Å². The van der Waals surface area contributed by atoms with Crippen LogP contribution in [0.25, 0.3) is 89.4 Å². The molecular formula is C46H30N4. The average molecular weight is 639 g/mol. The summed E-state index contributed by atoms with van der Waals surface area (Å²) in [4.78, 5) is 20.7. The maximum absolute atomic E-state index is 5.43. The number of fused-ring (bicyclic) bond motifs is 3. The fraction of sp³-hybridized carbons (Fsp3) is 0. The SMILES string of the molecule is c1ccc(-c2ccc(-c3nc(-c4ccccc4)nc(-c4cccc5c4nc(-c4ccccc4)c4cccc(-c6ccccc6)c45)n3)cc2)cc1. The molecule has 4 nitrogen and oxygen atoms in total. The van der Waals surface area contributed by atoms with Gasteiger partial charge in [-0.15, -0.1) is 0 Å². The van der Waals surface area contributed by atoms with Crippen molar-refractivity contribution in [2.24, 2.45) is 0 Å². The highest BCUT2D eigenvalue weighted by Crippen LogP contribution is 2.41. The quantitative estimate of drug-likeness (QED) is 0.170. The van der Waals surface area contributed by atoms with Gasteiger partial charge in [-0.05, 0) is 28.3 Å². The van der Waals surface area contributed by atoms with Crippen LogP contribution in [0.4, 0.5) is 0 Å². The van der Waals surface area contributed by atoms with Crippen molar-refractivity contribution in [2.45, 2.75) is 0 Å². The summed E-state index contributed by atoms with van der Waals surface area (Å²) >= 11 is 0. The van der Waals surface area contributed by atoms with Crippen LogP contribution in [0.3, 0.4) is 0 Å². The van der Waals surface area contributed by atoms with E-state index in [-0.39, 0.29) is 0 Å². The number of para-hydroxylation sites is 1. The van der Waals surface area contributed by atoms with Crippen LogP contribution in [0.1, 0.15) is 0 Å². The van der Waals surface area contributed by atoms with Crippen molar-refractivity contribution >= 4 is 21.7 Å². The Kier molecular flexibility index (Phi) is 7.45. The fourth-order valence-electron chi connectivity index (χ4n) is 6.72. The summed E-state index contributed by atoms with van der Waals surface area (Å²) in [7, 11) is 0. The van der Waals surface area contributed by atoms with E-state index in [2.05, 4.69) is 140 Å². The van der Waals surface area contributed by atoms with E-state index in [0.29, 0.717) is 17.5 Å². The van der Waals surface area contributed by atoms with Gasteiger partial charge in [0.05, 0.1) is 11.2 Å². The molecule has 4 heteroatoms. The molecule has 0 saturated heterocycles. The summed E-state index contributed by atoms with van der Waals surface area (Å²) in [6.45, 7) is 0. The van der Waals surface area contributed by atoms with Gasteiger partial charge in [0.15, 0.2) is 17.5 Å². The average Bonchev–Trinajstić information content (AvgIpc) is 3.21. The Hall–Kier alpha value is -6.78. The van der Waals surface area contributed by atoms with Crippen LogP contribution >= 0.6 is 0 Å². The van der Waals surface area contributed by atoms with Gasteiger partial charge in [0.25, 0.3) is 0 Å². The first-order valence-electron chi connectivity index (χ1n) is 16.7. The standard InChI is InChI=1S/C46H30N4/c1-5-15-31(16-6-1)32-27-29-36(30-28-32)45-48-44(35-21-11-4-12-22-35)49-46(50-45)40-26-14-25-39-41-37(33-17-7-2-8-18-33)23-13-24-38(41)42(47-43(39)40)34-19-9-3-10-20-34/h1-30H. The molecule has 50 heavy (non-hydrogen) atoms. The van der Waals surface area contributed by atoms with Crippen LogP contribution in [0.2, 0.25) is 0 Å². The summed E-state index contributed by atoms with van der Waals surface area (Å²) in [5.41, 5.74) is 10.1. The Balaban J connectivity index is 1.30. The number of hydrogen-bond donors (Lipinski definition) is 0. The van der Waals surface area contributed by atoms with Gasteiger partial charge in [-0.3, -0.25) is 0 Å². The molecule has 0 radical (unpaired) electrons. The summed E-state index contributed by atoms with van der Waals surface area (Å²) in [6.07, 6.45) is 0. The first-order valence-corrected chi connectivity index (χ1v) is 16.7. The molecule has 0 aliphatic rings. The lowest BCUT2D eigenvalue weighted by Crippen LogP contribution is -2.01. The zero-order chi connectivity index (χ0) is 33.3. The number of aromatic nitrogens is 4. The van der Waals surface area contributed by atoms with Gasteiger partial charge in [0.1, 0.15) is 0 Å². The zero-order valence-corrected chi connectivity index (χ0v) is 27.1. The van der Waals surface area contributed by atoms with Crippen LogP contribution < -0.4 is 0 Å². The van der Waals surface area contributed by atoms with Gasteiger partial charge >= 0.3 is 0 Å². The highest BCUT2D eigenvalue weighted by atomic mass is 15.0. The molecule has 2 aromatic heterocycles. The molecule has 0 amide bonds. The lowest BCUT2D eigenvalue weighted by atomic mass is 9.92. The van der Waals surface area contributed by atoms with Crippen LogP contribution in [0.15, 0.2) is 182 Å². The second-order valence-corrected chi connectivity index (χ2v) is 12.2. The Morgan fingerprint density at radius 3 is 1.32 bits per heavy atom. The van der Waals surface area contributed by atoms with E-state index in [1.54, 1.807) is 0 Å². The molecule has 0 N–H and O–H groups in total. The number of nitrogens with zero attached hydrogens (tertiary/aromatic N) is 4. The van der Waals surface area contributed by atoms with Crippen molar-refractivity contribution in [1.82, 2.24) is 19.9 Å². The molecule has 0 atom stereocenters. The van der Waals surface area contributed by atoms with Gasteiger partial charge in [-0.1, -0.05) is 176 Å². The minimum atomic E-state index is 0.578. The molecule has 0 aliphatic heterocycles. The number of pyridine rings is 1. The first kappa shape index (κ1) is 29.4. The Morgan fingerprint density at radius 2 is 0.700 bits per heavy atom. The minimum Gasteiger partial charge on any atom is -0.246 e. The second kappa shape index (κ2) is 12.7. The smallest absolute Gasteiger partial charge is 0.166 e. The number of benzene rings is 7. The van der Waals surface area contributed by atoms with Crippen LogP contribution in [-0.4, -0.2) is 19.9 Å². The van der Waals surface area contributed by atoms with Crippen LogP contribution in [-0.2, 0) is 0 Å². The van der Waals surface area contributed by atoms with Crippen LogP contribution in [0.5, 0.6) is 0 Å². The Bertz CT molecular complexity index is 2600. The van der Waals surface area contributed by atoms with Gasteiger partial charge in [-0.25, -0.2) is 19.9 Å². The summed E-state index contributed by atoms with van der Waals surface area (Å²) in [5.74, 6) is 1.80. The first-order chi connectivity index (χ1) is 24.8. The molecule has 0 spiro atoms. The second-order valence-electron chi connectivity index (χ2n) is 12.2. The van der Waals surface area contributed by atoms with Crippen molar-refractivity contribution < 1.29 is 0 Å². The third kappa shape index (κ3) is 5.39. The summed E-state index contributed by atoms with van der Waals surface area (Å²) in [5, 5.41) is 3.30. The lowest BCUT2D eigenvalue weighted by molar-refractivity contribution is 1.07. The molecule has 234 valence electrons. The lowest BCUT2D eigenvalue weighted by Gasteiger charge is -2.16. The van der Waals surface area contributed by atoms with Crippen molar-refractivity contribution in [2.75, 3.05) is 0 Å². The largest absolute Gasteiger partial charge is 0.246 e. The molecule has 0 unspecified atom stereocenters. The van der Waals surface area contributed by atoms with Gasteiger partial charge in [0, 0.05) is 38.4 Å². The van der Waals surface area contributed by atoms with Crippen molar-refractivity contribution in [1.29, 1.82) is 0 Å². The molecule has 0 bridgehead atoms. The van der Waals surface area contributed by atoms with Crippen molar-refractivity contribution in [3.05, 3.63) is 182 Å². The van der Waals surface area contributed by atoms with Crippen molar-refractivity contribution in [3.8, 4) is 67.7 Å². The predicted molar refractivity (Wildman–Crippen MR) is 205 cm³/mol. The Morgan fingerprint density at radius 1 is 0.260 bits per heavy atom. The van der Waals surface area contributed by atoms with Crippen molar-refractivity contribution in [3.63, 3.8) is 0 Å². The summed E-state index contributed by atoms with van der Waals surface area (Å²) < 4.78 is 0. The van der Waals surface area contributed by atoms with E-state index in [4.69, 9.17) is 19.9 Å².